The van der Waals surface area contributed by atoms with Crippen molar-refractivity contribution in [2.45, 2.75) is 25.7 Å². The predicted molar refractivity (Wildman–Crippen MR) is 59.2 cm³/mol. The van der Waals surface area contributed by atoms with Gasteiger partial charge in [-0.2, -0.15) is 0 Å². The number of aliphatic carboxylic acids is 1. The predicted octanol–water partition coefficient (Wildman–Crippen LogP) is 3.31. The first-order valence-electron chi connectivity index (χ1n) is 5.09. The highest BCUT2D eigenvalue weighted by Gasteiger charge is 2.59. The lowest BCUT2D eigenvalue weighted by Crippen LogP contribution is -2.15. The van der Waals surface area contributed by atoms with Gasteiger partial charge in [-0.05, 0) is 30.5 Å². The van der Waals surface area contributed by atoms with E-state index >= 15 is 0 Å². The summed E-state index contributed by atoms with van der Waals surface area (Å²) in [6.07, 6.45) is 1.44. The van der Waals surface area contributed by atoms with E-state index in [4.69, 9.17) is 16.7 Å². The molecule has 1 N–H and O–H groups in total. The fourth-order valence-corrected chi connectivity index (χ4v) is 2.34. The molecule has 0 amide bonds. The SMILES string of the molecule is CC[C@@]1(C(=O)O)C[C@@H]1c1ccc(Cl)cc1. The van der Waals surface area contributed by atoms with Gasteiger partial charge < -0.3 is 5.11 Å². The van der Waals surface area contributed by atoms with Gasteiger partial charge >= 0.3 is 5.97 Å². The zero-order chi connectivity index (χ0) is 11.1. The molecule has 0 bridgehead atoms. The van der Waals surface area contributed by atoms with Crippen molar-refractivity contribution in [3.63, 3.8) is 0 Å². The fraction of sp³-hybridized carbons (Fsp3) is 0.417. The summed E-state index contributed by atoms with van der Waals surface area (Å²) in [4.78, 5) is 11.1. The molecule has 1 aliphatic carbocycles. The van der Waals surface area contributed by atoms with Gasteiger partial charge in [-0.25, -0.2) is 0 Å². The molecule has 0 heterocycles. The number of hydrogen-bond acceptors (Lipinski definition) is 1. The molecule has 0 aliphatic heterocycles. The molecule has 1 aliphatic rings. The number of carboxylic acid groups (broad SMARTS) is 1. The van der Waals surface area contributed by atoms with Crippen molar-refractivity contribution in [3.05, 3.63) is 34.9 Å². The number of rotatable bonds is 3. The number of hydrogen-bond donors (Lipinski definition) is 1. The van der Waals surface area contributed by atoms with Gasteiger partial charge in [0.25, 0.3) is 0 Å². The average molecular weight is 225 g/mol. The molecule has 2 rings (SSSR count). The van der Waals surface area contributed by atoms with Crippen molar-refractivity contribution in [2.75, 3.05) is 0 Å². The van der Waals surface area contributed by atoms with Gasteiger partial charge in [-0.1, -0.05) is 30.7 Å². The first-order valence-corrected chi connectivity index (χ1v) is 5.47. The first kappa shape index (κ1) is 10.5. The molecule has 1 aromatic carbocycles. The molecule has 0 unspecified atom stereocenters. The molecule has 0 saturated heterocycles. The third-order valence-corrected chi connectivity index (χ3v) is 3.66. The second-order valence-corrected chi connectivity index (χ2v) is 4.56. The van der Waals surface area contributed by atoms with Crippen LogP contribution in [0.15, 0.2) is 24.3 Å². The van der Waals surface area contributed by atoms with Crippen LogP contribution in [0.4, 0.5) is 0 Å². The Morgan fingerprint density at radius 3 is 2.53 bits per heavy atom. The summed E-state index contributed by atoms with van der Waals surface area (Å²) >= 11 is 5.79. The number of carbonyl (C=O) groups is 1. The van der Waals surface area contributed by atoms with Gasteiger partial charge in [-0.3, -0.25) is 4.79 Å². The Morgan fingerprint density at radius 1 is 1.53 bits per heavy atom. The van der Waals surface area contributed by atoms with Gasteiger partial charge in [0, 0.05) is 10.9 Å². The maximum atomic E-state index is 11.1. The summed E-state index contributed by atoms with van der Waals surface area (Å²) in [5, 5.41) is 9.86. The van der Waals surface area contributed by atoms with Crippen LogP contribution in [0.5, 0.6) is 0 Å². The van der Waals surface area contributed by atoms with E-state index in [9.17, 15) is 4.79 Å². The summed E-state index contributed by atoms with van der Waals surface area (Å²) in [6, 6.07) is 7.48. The Bertz CT molecular complexity index is 385. The van der Waals surface area contributed by atoms with Crippen molar-refractivity contribution < 1.29 is 9.90 Å². The minimum atomic E-state index is -0.676. The van der Waals surface area contributed by atoms with Crippen LogP contribution in [0.2, 0.25) is 5.02 Å². The highest BCUT2D eigenvalue weighted by molar-refractivity contribution is 6.30. The second-order valence-electron chi connectivity index (χ2n) is 4.12. The van der Waals surface area contributed by atoms with Crippen molar-refractivity contribution >= 4 is 17.6 Å². The van der Waals surface area contributed by atoms with Crippen LogP contribution in [0.1, 0.15) is 31.2 Å². The van der Waals surface area contributed by atoms with Crippen LogP contribution in [-0.4, -0.2) is 11.1 Å². The molecule has 80 valence electrons. The first-order chi connectivity index (χ1) is 7.10. The van der Waals surface area contributed by atoms with Crippen LogP contribution in [0.25, 0.3) is 0 Å². The third kappa shape index (κ3) is 1.63. The minimum absolute atomic E-state index is 0.164. The van der Waals surface area contributed by atoms with Crippen molar-refractivity contribution in [1.82, 2.24) is 0 Å². The molecule has 3 heteroatoms. The lowest BCUT2D eigenvalue weighted by Gasteiger charge is -2.08. The van der Waals surface area contributed by atoms with Crippen molar-refractivity contribution in [3.8, 4) is 0 Å². The zero-order valence-corrected chi connectivity index (χ0v) is 9.29. The Hall–Kier alpha value is -1.02. The highest BCUT2D eigenvalue weighted by atomic mass is 35.5. The highest BCUT2D eigenvalue weighted by Crippen LogP contribution is 2.61. The Balaban J connectivity index is 2.22. The summed E-state index contributed by atoms with van der Waals surface area (Å²) in [6.45, 7) is 1.93. The van der Waals surface area contributed by atoms with E-state index in [1.54, 1.807) is 0 Å². The standard InChI is InChI=1S/C12H13ClO2/c1-2-12(11(14)15)7-10(12)8-3-5-9(13)6-4-8/h3-6,10H,2,7H2,1H3,(H,14,15)/t10-,12-/m1/s1. The molecule has 0 spiro atoms. The Morgan fingerprint density at radius 2 is 2.13 bits per heavy atom. The topological polar surface area (TPSA) is 37.3 Å². The zero-order valence-electron chi connectivity index (χ0n) is 8.53. The van der Waals surface area contributed by atoms with E-state index in [0.29, 0.717) is 11.4 Å². The monoisotopic (exact) mass is 224 g/mol. The van der Waals surface area contributed by atoms with Crippen LogP contribution in [0.3, 0.4) is 0 Å². The Kier molecular flexibility index (Phi) is 2.47. The lowest BCUT2D eigenvalue weighted by molar-refractivity contribution is -0.143. The van der Waals surface area contributed by atoms with Gasteiger partial charge in [0.1, 0.15) is 0 Å². The smallest absolute Gasteiger partial charge is 0.310 e. The largest absolute Gasteiger partial charge is 0.481 e. The number of halogens is 1. The van der Waals surface area contributed by atoms with E-state index in [2.05, 4.69) is 0 Å². The summed E-state index contributed by atoms with van der Waals surface area (Å²) in [7, 11) is 0. The second kappa shape index (κ2) is 3.53. The summed E-state index contributed by atoms with van der Waals surface area (Å²) in [5.74, 6) is -0.512. The van der Waals surface area contributed by atoms with Crippen molar-refractivity contribution in [1.29, 1.82) is 0 Å². The van der Waals surface area contributed by atoms with E-state index in [1.807, 2.05) is 31.2 Å². The number of carboxylic acids is 1. The van der Waals surface area contributed by atoms with Crippen LogP contribution in [0, 0.1) is 5.41 Å². The van der Waals surface area contributed by atoms with E-state index in [1.165, 1.54) is 0 Å². The van der Waals surface area contributed by atoms with E-state index in [0.717, 1.165) is 12.0 Å². The van der Waals surface area contributed by atoms with Crippen LogP contribution in [-0.2, 0) is 4.79 Å². The average Bonchev–Trinajstić information content (AvgIpc) is 2.95. The maximum Gasteiger partial charge on any atom is 0.310 e. The fourth-order valence-electron chi connectivity index (χ4n) is 2.22. The van der Waals surface area contributed by atoms with Gasteiger partial charge in [-0.15, -0.1) is 0 Å². The van der Waals surface area contributed by atoms with Gasteiger partial charge in [0.05, 0.1) is 5.41 Å². The van der Waals surface area contributed by atoms with Crippen LogP contribution >= 0.6 is 11.6 Å². The molecule has 2 nitrogen and oxygen atoms in total. The third-order valence-electron chi connectivity index (χ3n) is 3.40. The van der Waals surface area contributed by atoms with Crippen LogP contribution < -0.4 is 0 Å². The van der Waals surface area contributed by atoms with Crippen molar-refractivity contribution in [2.24, 2.45) is 5.41 Å². The molecule has 15 heavy (non-hydrogen) atoms. The van der Waals surface area contributed by atoms with E-state index < -0.39 is 11.4 Å². The molecule has 2 atom stereocenters. The number of benzene rings is 1. The quantitative estimate of drug-likeness (QED) is 0.855. The van der Waals surface area contributed by atoms with Gasteiger partial charge in [0.15, 0.2) is 0 Å². The lowest BCUT2D eigenvalue weighted by atomic mass is 9.96. The molecular formula is C12H13ClO2. The van der Waals surface area contributed by atoms with E-state index in [-0.39, 0.29) is 5.92 Å². The minimum Gasteiger partial charge on any atom is -0.481 e. The molecule has 1 aromatic rings. The Labute approximate surface area is 93.9 Å². The molecule has 1 fully saturated rings. The summed E-state index contributed by atoms with van der Waals surface area (Å²) in [5.41, 5.74) is 0.567. The molecule has 0 aromatic heterocycles. The van der Waals surface area contributed by atoms with Gasteiger partial charge in [0.2, 0.25) is 0 Å². The maximum absolute atomic E-state index is 11.1. The molecule has 0 radical (unpaired) electrons. The normalized spacial score (nSPS) is 28.8. The summed E-state index contributed by atoms with van der Waals surface area (Å²) < 4.78 is 0. The molecule has 1 saturated carbocycles. The molecular weight excluding hydrogens is 212 g/mol.